The molecule has 0 bridgehead atoms. The predicted molar refractivity (Wildman–Crippen MR) is 137 cm³/mol. The molecule has 1 N–H and O–H groups in total. The number of carboxylic acids is 1. The van der Waals surface area contributed by atoms with Crippen molar-refractivity contribution in [2.75, 3.05) is 6.54 Å². The number of ketones is 1. The number of hydrogen-bond donors (Lipinski definition) is 1. The standard InChI is InChI=1S/C26H24N2O5S2/c1-16-20(27-24(33-16)19-5-3-2-4-6-19)11-12-21(29)18-9-7-17(8-10-18)15-22-25(32)28(26(34)35-22)14-13-23(30)31/h2-10,22H,11-15H2,1H3,(H,30,31). The number of aliphatic carboxylic acids is 1. The average molecular weight is 509 g/mol. The van der Waals surface area contributed by atoms with Gasteiger partial charge in [0.05, 0.1) is 17.4 Å². The molecule has 180 valence electrons. The molecule has 1 amide bonds. The summed E-state index contributed by atoms with van der Waals surface area (Å²) in [6.45, 7) is 1.94. The first-order chi connectivity index (χ1) is 16.8. The van der Waals surface area contributed by atoms with Gasteiger partial charge in [0.15, 0.2) is 5.78 Å². The molecule has 1 saturated heterocycles. The van der Waals surface area contributed by atoms with E-state index in [1.807, 2.05) is 49.4 Å². The van der Waals surface area contributed by atoms with Crippen molar-refractivity contribution >= 4 is 46.0 Å². The molecule has 4 rings (SSSR count). The Labute approximate surface area is 212 Å². The topological polar surface area (TPSA) is 101 Å². The lowest BCUT2D eigenvalue weighted by Gasteiger charge is -2.14. The molecule has 0 aliphatic carbocycles. The molecule has 3 aromatic rings. The van der Waals surface area contributed by atoms with Crippen LogP contribution in [0.2, 0.25) is 0 Å². The molecular weight excluding hydrogens is 484 g/mol. The van der Waals surface area contributed by atoms with Gasteiger partial charge in [-0.2, -0.15) is 0 Å². The fourth-order valence-electron chi connectivity index (χ4n) is 3.82. The Hall–Kier alpha value is -3.30. The van der Waals surface area contributed by atoms with E-state index >= 15 is 0 Å². The van der Waals surface area contributed by atoms with E-state index in [1.165, 1.54) is 16.7 Å². The summed E-state index contributed by atoms with van der Waals surface area (Å²) in [5.74, 6) is 0.132. The number of aromatic nitrogens is 1. The van der Waals surface area contributed by atoms with Crippen LogP contribution in [-0.2, 0) is 22.4 Å². The van der Waals surface area contributed by atoms with Crippen LogP contribution in [-0.4, -0.2) is 48.8 Å². The molecule has 0 radical (unpaired) electrons. The molecule has 9 heteroatoms. The number of thioether (sulfide) groups is 1. The third-order valence-corrected chi connectivity index (χ3v) is 7.34. The third kappa shape index (κ3) is 6.04. The van der Waals surface area contributed by atoms with E-state index in [2.05, 4.69) is 4.98 Å². The predicted octanol–water partition coefficient (Wildman–Crippen LogP) is 4.71. The number of thiocarbonyl (C=S) groups is 1. The van der Waals surface area contributed by atoms with Gasteiger partial charge in [0.1, 0.15) is 10.1 Å². The van der Waals surface area contributed by atoms with Crippen LogP contribution in [0.1, 0.15) is 40.2 Å². The monoisotopic (exact) mass is 508 g/mol. The minimum absolute atomic E-state index is 0.00699. The highest BCUT2D eigenvalue weighted by molar-refractivity contribution is 8.24. The quantitative estimate of drug-likeness (QED) is 0.310. The summed E-state index contributed by atoms with van der Waals surface area (Å²) in [5.41, 5.74) is 3.18. The summed E-state index contributed by atoms with van der Waals surface area (Å²) >= 11 is 6.52. The third-order valence-electron chi connectivity index (χ3n) is 5.75. The van der Waals surface area contributed by atoms with Gasteiger partial charge in [-0.1, -0.05) is 66.4 Å². The molecule has 35 heavy (non-hydrogen) atoms. The van der Waals surface area contributed by atoms with Crippen LogP contribution in [0.5, 0.6) is 0 Å². The van der Waals surface area contributed by atoms with Gasteiger partial charge in [-0.05, 0) is 31.0 Å². The summed E-state index contributed by atoms with van der Waals surface area (Å²) in [6, 6.07) is 16.9. The normalized spacial score (nSPS) is 15.6. The van der Waals surface area contributed by atoms with Gasteiger partial charge in [0.25, 0.3) is 0 Å². The van der Waals surface area contributed by atoms with E-state index in [-0.39, 0.29) is 29.9 Å². The van der Waals surface area contributed by atoms with Crippen LogP contribution in [0, 0.1) is 6.92 Å². The number of aryl methyl sites for hydroxylation is 2. The van der Waals surface area contributed by atoms with Crippen LogP contribution in [0.25, 0.3) is 11.5 Å². The van der Waals surface area contributed by atoms with Gasteiger partial charge in [-0.15, -0.1) is 0 Å². The number of carbonyl (C=O) groups excluding carboxylic acids is 2. The number of nitrogens with zero attached hydrogens (tertiary/aromatic N) is 2. The molecule has 2 heterocycles. The zero-order chi connectivity index (χ0) is 24.9. The number of carboxylic acid groups (broad SMARTS) is 1. The summed E-state index contributed by atoms with van der Waals surface area (Å²) in [4.78, 5) is 42.1. The lowest BCUT2D eigenvalue weighted by Crippen LogP contribution is -2.33. The first-order valence-electron chi connectivity index (χ1n) is 11.2. The van der Waals surface area contributed by atoms with Crippen molar-refractivity contribution in [3.63, 3.8) is 0 Å². The molecule has 0 spiro atoms. The maximum atomic E-state index is 12.7. The number of hydrogen-bond acceptors (Lipinski definition) is 7. The second kappa shape index (κ2) is 11.0. The summed E-state index contributed by atoms with van der Waals surface area (Å²) in [6.07, 6.45) is 1.11. The number of Topliss-reactive ketones (excluding diaryl/α,β-unsaturated/α-hetero) is 1. The van der Waals surface area contributed by atoms with Gasteiger partial charge < -0.3 is 9.52 Å². The van der Waals surface area contributed by atoms with Crippen molar-refractivity contribution in [1.29, 1.82) is 0 Å². The van der Waals surface area contributed by atoms with Crippen molar-refractivity contribution in [2.24, 2.45) is 0 Å². The minimum atomic E-state index is -0.968. The average Bonchev–Trinajstić information content (AvgIpc) is 3.35. The van der Waals surface area contributed by atoms with Crippen molar-refractivity contribution in [3.8, 4) is 11.5 Å². The van der Waals surface area contributed by atoms with Crippen LogP contribution < -0.4 is 0 Å². The van der Waals surface area contributed by atoms with Crippen LogP contribution in [0.15, 0.2) is 59.0 Å². The molecule has 1 aliphatic heterocycles. The lowest BCUT2D eigenvalue weighted by atomic mass is 10.0. The van der Waals surface area contributed by atoms with Crippen molar-refractivity contribution in [2.45, 2.75) is 37.9 Å². The number of benzene rings is 2. The molecule has 1 aromatic heterocycles. The molecule has 2 aromatic carbocycles. The van der Waals surface area contributed by atoms with Gasteiger partial charge in [-0.25, -0.2) is 4.98 Å². The Kier molecular flexibility index (Phi) is 7.77. The summed E-state index contributed by atoms with van der Waals surface area (Å²) in [7, 11) is 0. The molecule has 1 atom stereocenters. The van der Waals surface area contributed by atoms with Crippen molar-refractivity contribution in [3.05, 3.63) is 77.2 Å². The zero-order valence-electron chi connectivity index (χ0n) is 19.1. The Morgan fingerprint density at radius 3 is 2.51 bits per heavy atom. The van der Waals surface area contributed by atoms with Crippen LogP contribution in [0.4, 0.5) is 0 Å². The van der Waals surface area contributed by atoms with Gasteiger partial charge in [-0.3, -0.25) is 19.3 Å². The number of amides is 1. The fraction of sp³-hybridized carbons (Fsp3) is 0.269. The van der Waals surface area contributed by atoms with Gasteiger partial charge in [0.2, 0.25) is 11.8 Å². The smallest absolute Gasteiger partial charge is 0.305 e. The Balaban J connectivity index is 1.32. The van der Waals surface area contributed by atoms with Gasteiger partial charge >= 0.3 is 5.97 Å². The summed E-state index contributed by atoms with van der Waals surface area (Å²) < 4.78 is 6.18. The minimum Gasteiger partial charge on any atom is -0.481 e. The highest BCUT2D eigenvalue weighted by Crippen LogP contribution is 2.30. The highest BCUT2D eigenvalue weighted by Gasteiger charge is 2.36. The fourth-order valence-corrected chi connectivity index (χ4v) is 5.40. The van der Waals surface area contributed by atoms with Crippen molar-refractivity contribution in [1.82, 2.24) is 9.88 Å². The van der Waals surface area contributed by atoms with E-state index in [0.29, 0.717) is 40.8 Å². The SMILES string of the molecule is Cc1oc(-c2ccccc2)nc1CCC(=O)c1ccc(CC2SC(=S)N(CCC(=O)O)C2=O)cc1. The Bertz CT molecular complexity index is 1250. The van der Waals surface area contributed by atoms with E-state index in [9.17, 15) is 14.4 Å². The maximum Gasteiger partial charge on any atom is 0.305 e. The lowest BCUT2D eigenvalue weighted by molar-refractivity contribution is -0.137. The number of oxazole rings is 1. The molecule has 7 nitrogen and oxygen atoms in total. The van der Waals surface area contributed by atoms with E-state index in [0.717, 1.165) is 16.8 Å². The van der Waals surface area contributed by atoms with Crippen molar-refractivity contribution < 1.29 is 23.9 Å². The molecule has 0 saturated carbocycles. The van der Waals surface area contributed by atoms with Crippen LogP contribution in [0.3, 0.4) is 0 Å². The number of carbonyl (C=O) groups is 3. The second-order valence-electron chi connectivity index (χ2n) is 8.22. The first kappa shape index (κ1) is 24.8. The van der Waals surface area contributed by atoms with E-state index < -0.39 is 5.97 Å². The highest BCUT2D eigenvalue weighted by atomic mass is 32.2. The first-order valence-corrected chi connectivity index (χ1v) is 12.5. The Morgan fingerprint density at radius 2 is 1.83 bits per heavy atom. The van der Waals surface area contributed by atoms with E-state index in [4.69, 9.17) is 21.7 Å². The van der Waals surface area contributed by atoms with Crippen LogP contribution >= 0.6 is 24.0 Å². The maximum absolute atomic E-state index is 12.7. The Morgan fingerprint density at radius 1 is 1.11 bits per heavy atom. The second-order valence-corrected chi connectivity index (χ2v) is 10.1. The zero-order valence-corrected chi connectivity index (χ0v) is 20.7. The summed E-state index contributed by atoms with van der Waals surface area (Å²) in [5, 5.41) is 8.48. The largest absolute Gasteiger partial charge is 0.481 e. The van der Waals surface area contributed by atoms with Gasteiger partial charge in [0, 0.05) is 30.5 Å². The molecule has 1 unspecified atom stereocenters. The number of rotatable bonds is 10. The molecular formula is C26H24N2O5S2. The molecule has 1 fully saturated rings. The molecule has 1 aliphatic rings. The van der Waals surface area contributed by atoms with E-state index in [1.54, 1.807) is 12.1 Å².